The molecule has 100 valence electrons. The number of aryl methyl sites for hydroxylation is 2. The average Bonchev–Trinajstić information content (AvgIpc) is 2.40. The standard InChI is InChI=1S/C16H26N2/c1-4-5-16(18-10-8-17-9-11-18)15-7-6-13(2)14(3)12-15/h6-7,12,16-17H,4-5,8-11H2,1-3H3/t16-/m1/s1. The highest BCUT2D eigenvalue weighted by Crippen LogP contribution is 2.27. The van der Waals surface area contributed by atoms with E-state index < -0.39 is 0 Å². The van der Waals surface area contributed by atoms with Crippen LogP contribution in [-0.2, 0) is 0 Å². The van der Waals surface area contributed by atoms with Crippen molar-refractivity contribution in [2.24, 2.45) is 0 Å². The first kappa shape index (κ1) is 13.6. The molecule has 1 aromatic carbocycles. The zero-order chi connectivity index (χ0) is 13.0. The topological polar surface area (TPSA) is 15.3 Å². The van der Waals surface area contributed by atoms with E-state index >= 15 is 0 Å². The second-order valence-corrected chi connectivity index (χ2v) is 5.43. The van der Waals surface area contributed by atoms with Gasteiger partial charge in [0.05, 0.1) is 0 Å². The number of hydrogen-bond acceptors (Lipinski definition) is 2. The summed E-state index contributed by atoms with van der Waals surface area (Å²) in [4.78, 5) is 2.64. The number of hydrogen-bond donors (Lipinski definition) is 1. The van der Waals surface area contributed by atoms with E-state index in [1.807, 2.05) is 0 Å². The Morgan fingerprint density at radius 3 is 2.50 bits per heavy atom. The van der Waals surface area contributed by atoms with E-state index in [1.165, 1.54) is 42.6 Å². The lowest BCUT2D eigenvalue weighted by molar-refractivity contribution is 0.164. The Morgan fingerprint density at radius 1 is 1.17 bits per heavy atom. The van der Waals surface area contributed by atoms with E-state index in [4.69, 9.17) is 0 Å². The molecule has 0 bridgehead atoms. The number of benzene rings is 1. The van der Waals surface area contributed by atoms with Gasteiger partial charge in [-0.3, -0.25) is 4.90 Å². The summed E-state index contributed by atoms with van der Waals surface area (Å²) in [6.07, 6.45) is 2.52. The molecule has 2 nitrogen and oxygen atoms in total. The van der Waals surface area contributed by atoms with Crippen molar-refractivity contribution in [3.8, 4) is 0 Å². The fourth-order valence-electron chi connectivity index (χ4n) is 2.80. The van der Waals surface area contributed by atoms with Crippen molar-refractivity contribution in [1.29, 1.82) is 0 Å². The van der Waals surface area contributed by atoms with E-state index in [0.717, 1.165) is 13.1 Å². The second-order valence-electron chi connectivity index (χ2n) is 5.43. The summed E-state index contributed by atoms with van der Waals surface area (Å²) in [6.45, 7) is 11.3. The van der Waals surface area contributed by atoms with E-state index in [2.05, 4.69) is 49.2 Å². The minimum Gasteiger partial charge on any atom is -0.314 e. The van der Waals surface area contributed by atoms with Crippen molar-refractivity contribution in [2.75, 3.05) is 26.2 Å². The van der Waals surface area contributed by atoms with Crippen LogP contribution in [0.1, 0.15) is 42.5 Å². The summed E-state index contributed by atoms with van der Waals surface area (Å²) in [5.74, 6) is 0. The molecule has 1 aliphatic rings. The van der Waals surface area contributed by atoms with Crippen molar-refractivity contribution < 1.29 is 0 Å². The average molecular weight is 246 g/mol. The quantitative estimate of drug-likeness (QED) is 0.878. The highest BCUT2D eigenvalue weighted by Gasteiger charge is 2.21. The Balaban J connectivity index is 2.19. The Morgan fingerprint density at radius 2 is 1.89 bits per heavy atom. The number of piperazine rings is 1. The predicted octanol–water partition coefficient (Wildman–Crippen LogP) is 3.05. The normalized spacial score (nSPS) is 18.8. The minimum atomic E-state index is 0.608. The van der Waals surface area contributed by atoms with Gasteiger partial charge in [-0.2, -0.15) is 0 Å². The third kappa shape index (κ3) is 3.12. The van der Waals surface area contributed by atoms with Crippen LogP contribution < -0.4 is 5.32 Å². The van der Waals surface area contributed by atoms with Crippen molar-refractivity contribution >= 4 is 0 Å². The summed E-state index contributed by atoms with van der Waals surface area (Å²) in [5.41, 5.74) is 4.32. The van der Waals surface area contributed by atoms with Crippen LogP contribution in [0.5, 0.6) is 0 Å². The fraction of sp³-hybridized carbons (Fsp3) is 0.625. The van der Waals surface area contributed by atoms with E-state index in [-0.39, 0.29) is 0 Å². The van der Waals surface area contributed by atoms with E-state index in [1.54, 1.807) is 0 Å². The summed E-state index contributed by atoms with van der Waals surface area (Å²) >= 11 is 0. The molecule has 1 atom stereocenters. The van der Waals surface area contributed by atoms with Crippen LogP contribution in [0.3, 0.4) is 0 Å². The van der Waals surface area contributed by atoms with E-state index in [9.17, 15) is 0 Å². The Kier molecular flexibility index (Phi) is 4.79. The molecule has 2 heteroatoms. The summed E-state index contributed by atoms with van der Waals surface area (Å²) < 4.78 is 0. The van der Waals surface area contributed by atoms with Crippen molar-refractivity contribution in [3.63, 3.8) is 0 Å². The molecule has 18 heavy (non-hydrogen) atoms. The number of nitrogens with zero attached hydrogens (tertiary/aromatic N) is 1. The van der Waals surface area contributed by atoms with Crippen molar-refractivity contribution in [2.45, 2.75) is 39.7 Å². The highest BCUT2D eigenvalue weighted by atomic mass is 15.2. The number of nitrogens with one attached hydrogen (secondary N) is 1. The van der Waals surface area contributed by atoms with Crippen LogP contribution in [0.2, 0.25) is 0 Å². The van der Waals surface area contributed by atoms with Gasteiger partial charge in [-0.1, -0.05) is 31.5 Å². The maximum absolute atomic E-state index is 3.44. The van der Waals surface area contributed by atoms with Gasteiger partial charge >= 0.3 is 0 Å². The summed E-state index contributed by atoms with van der Waals surface area (Å²) in [6, 6.07) is 7.59. The van der Waals surface area contributed by atoms with Gasteiger partial charge < -0.3 is 5.32 Å². The maximum atomic E-state index is 3.44. The molecule has 0 unspecified atom stereocenters. The van der Waals surface area contributed by atoms with Gasteiger partial charge in [-0.25, -0.2) is 0 Å². The lowest BCUT2D eigenvalue weighted by Gasteiger charge is -2.35. The fourth-order valence-corrected chi connectivity index (χ4v) is 2.80. The Hall–Kier alpha value is -0.860. The molecule has 0 saturated carbocycles. The van der Waals surface area contributed by atoms with Gasteiger partial charge in [0, 0.05) is 32.2 Å². The lowest BCUT2D eigenvalue weighted by Crippen LogP contribution is -2.45. The third-order valence-corrected chi connectivity index (χ3v) is 4.07. The first-order valence-corrected chi connectivity index (χ1v) is 7.24. The Labute approximate surface area is 111 Å². The van der Waals surface area contributed by atoms with Gasteiger partial charge in [0.2, 0.25) is 0 Å². The Bertz CT molecular complexity index is 381. The SMILES string of the molecule is CCC[C@H](c1ccc(C)c(C)c1)N1CCNCC1. The molecular weight excluding hydrogens is 220 g/mol. The van der Waals surface area contributed by atoms with E-state index in [0.29, 0.717) is 6.04 Å². The first-order valence-electron chi connectivity index (χ1n) is 7.24. The first-order chi connectivity index (χ1) is 8.72. The van der Waals surface area contributed by atoms with Crippen LogP contribution in [0.15, 0.2) is 18.2 Å². The molecule has 2 rings (SSSR count). The van der Waals surface area contributed by atoms with Gasteiger partial charge in [0.15, 0.2) is 0 Å². The molecule has 0 aliphatic carbocycles. The van der Waals surface area contributed by atoms with Gasteiger partial charge in [-0.05, 0) is 37.0 Å². The monoisotopic (exact) mass is 246 g/mol. The lowest BCUT2D eigenvalue weighted by atomic mass is 9.96. The highest BCUT2D eigenvalue weighted by molar-refractivity contribution is 5.31. The molecule has 0 spiro atoms. The molecule has 1 heterocycles. The predicted molar refractivity (Wildman–Crippen MR) is 78.0 cm³/mol. The summed E-state index contributed by atoms with van der Waals surface area (Å²) in [7, 11) is 0. The third-order valence-electron chi connectivity index (χ3n) is 4.07. The van der Waals surface area contributed by atoms with Crippen LogP contribution in [0, 0.1) is 13.8 Å². The molecule has 1 aliphatic heterocycles. The smallest absolute Gasteiger partial charge is 0.0349 e. The van der Waals surface area contributed by atoms with Crippen LogP contribution >= 0.6 is 0 Å². The number of rotatable bonds is 4. The van der Waals surface area contributed by atoms with Gasteiger partial charge in [0.1, 0.15) is 0 Å². The van der Waals surface area contributed by atoms with Crippen LogP contribution in [-0.4, -0.2) is 31.1 Å². The van der Waals surface area contributed by atoms with Crippen LogP contribution in [0.25, 0.3) is 0 Å². The molecule has 1 N–H and O–H groups in total. The zero-order valence-electron chi connectivity index (χ0n) is 12.0. The van der Waals surface area contributed by atoms with Gasteiger partial charge in [-0.15, -0.1) is 0 Å². The molecule has 0 aromatic heterocycles. The van der Waals surface area contributed by atoms with Crippen molar-refractivity contribution in [3.05, 3.63) is 34.9 Å². The minimum absolute atomic E-state index is 0.608. The van der Waals surface area contributed by atoms with Crippen molar-refractivity contribution in [1.82, 2.24) is 10.2 Å². The molecule has 1 aromatic rings. The zero-order valence-corrected chi connectivity index (χ0v) is 12.0. The van der Waals surface area contributed by atoms with Gasteiger partial charge in [0.25, 0.3) is 0 Å². The molecule has 0 amide bonds. The molecule has 1 fully saturated rings. The second kappa shape index (κ2) is 6.35. The van der Waals surface area contributed by atoms with Crippen LogP contribution in [0.4, 0.5) is 0 Å². The molecule has 1 saturated heterocycles. The molecular formula is C16H26N2. The largest absolute Gasteiger partial charge is 0.314 e. The summed E-state index contributed by atoms with van der Waals surface area (Å²) in [5, 5.41) is 3.44. The molecule has 0 radical (unpaired) electrons. The maximum Gasteiger partial charge on any atom is 0.0349 e.